The highest BCUT2D eigenvalue weighted by molar-refractivity contribution is 6.22. The normalized spacial score (nSPS) is 21.0. The van der Waals surface area contributed by atoms with E-state index < -0.39 is 6.04 Å². The number of nitrogens with zero attached hydrogens (tertiary/aromatic N) is 3. The van der Waals surface area contributed by atoms with E-state index in [9.17, 15) is 14.4 Å². The molecule has 9 heteroatoms. The number of fused-ring (bicyclic) bond motifs is 1. The second kappa shape index (κ2) is 8.84. The minimum Gasteiger partial charge on any atom is -0.454 e. The van der Waals surface area contributed by atoms with Crippen LogP contribution in [-0.4, -0.2) is 66.5 Å². The van der Waals surface area contributed by atoms with Crippen LogP contribution >= 0.6 is 0 Å². The first-order valence-electron chi connectivity index (χ1n) is 11.1. The minimum atomic E-state index is -0.430. The van der Waals surface area contributed by atoms with Crippen molar-refractivity contribution >= 4 is 29.1 Å². The predicted octanol–water partition coefficient (Wildman–Crippen LogP) is 1.82. The maximum atomic E-state index is 13.1. The number of piperazine rings is 1. The van der Waals surface area contributed by atoms with Crippen LogP contribution in [0.2, 0.25) is 0 Å². The van der Waals surface area contributed by atoms with Crippen LogP contribution in [0.4, 0.5) is 11.4 Å². The fraction of sp³-hybridized carbons (Fsp3) is 0.375. The van der Waals surface area contributed by atoms with Gasteiger partial charge in [0.15, 0.2) is 11.5 Å². The van der Waals surface area contributed by atoms with Crippen LogP contribution < -0.4 is 19.7 Å². The van der Waals surface area contributed by atoms with Crippen LogP contribution in [0.1, 0.15) is 18.9 Å². The molecule has 0 unspecified atom stereocenters. The van der Waals surface area contributed by atoms with Crippen molar-refractivity contribution in [2.75, 3.05) is 43.2 Å². The van der Waals surface area contributed by atoms with Gasteiger partial charge in [-0.3, -0.25) is 24.2 Å². The molecule has 0 aromatic heterocycles. The smallest absolute Gasteiger partial charge is 0.251 e. The summed E-state index contributed by atoms with van der Waals surface area (Å²) in [7, 11) is 0. The lowest BCUT2D eigenvalue weighted by Crippen LogP contribution is -2.52. The summed E-state index contributed by atoms with van der Waals surface area (Å²) in [5.41, 5.74) is 2.32. The van der Waals surface area contributed by atoms with Crippen molar-refractivity contribution in [3.63, 3.8) is 0 Å². The van der Waals surface area contributed by atoms with Gasteiger partial charge < -0.3 is 14.8 Å². The summed E-state index contributed by atoms with van der Waals surface area (Å²) in [6.45, 7) is 5.58. The first-order valence-corrected chi connectivity index (χ1v) is 11.1. The number of carbonyl (C=O) groups is 3. The number of nitrogens with one attached hydrogen (secondary N) is 1. The average Bonchev–Trinajstić information content (AvgIpc) is 3.38. The van der Waals surface area contributed by atoms with Crippen molar-refractivity contribution < 1.29 is 23.9 Å². The molecule has 2 fully saturated rings. The Bertz CT molecular complexity index is 1080. The van der Waals surface area contributed by atoms with Crippen LogP contribution in [0.15, 0.2) is 42.5 Å². The molecule has 0 aliphatic carbocycles. The van der Waals surface area contributed by atoms with E-state index in [0.717, 1.165) is 49.8 Å². The van der Waals surface area contributed by atoms with Gasteiger partial charge in [0.2, 0.25) is 18.6 Å². The van der Waals surface area contributed by atoms with Gasteiger partial charge in [-0.1, -0.05) is 6.07 Å². The standard InChI is InChI=1S/C24H26N4O5/c1-16(29)25-18-3-5-19(6-4-18)28-23(30)13-20(24(28)31)27-10-8-26(9-11-27)14-17-2-7-21-22(12-17)33-15-32-21/h2-7,12,20H,8-11,13-15H2,1H3,(H,25,29)/t20-/m1/s1. The van der Waals surface area contributed by atoms with E-state index in [0.29, 0.717) is 11.4 Å². The molecule has 33 heavy (non-hydrogen) atoms. The van der Waals surface area contributed by atoms with Gasteiger partial charge in [0.25, 0.3) is 5.91 Å². The predicted molar refractivity (Wildman–Crippen MR) is 121 cm³/mol. The number of amides is 3. The van der Waals surface area contributed by atoms with Gasteiger partial charge in [-0.15, -0.1) is 0 Å². The van der Waals surface area contributed by atoms with Crippen molar-refractivity contribution in [1.29, 1.82) is 0 Å². The molecule has 2 aromatic carbocycles. The summed E-state index contributed by atoms with van der Waals surface area (Å²) < 4.78 is 10.8. The zero-order chi connectivity index (χ0) is 22.9. The Morgan fingerprint density at radius 3 is 2.45 bits per heavy atom. The molecule has 5 rings (SSSR count). The van der Waals surface area contributed by atoms with E-state index in [2.05, 4.69) is 15.1 Å². The van der Waals surface area contributed by atoms with E-state index in [1.165, 1.54) is 11.8 Å². The molecule has 9 nitrogen and oxygen atoms in total. The molecule has 0 saturated carbocycles. The third kappa shape index (κ3) is 4.42. The van der Waals surface area contributed by atoms with E-state index in [-0.39, 0.29) is 30.9 Å². The molecule has 3 heterocycles. The Kier molecular flexibility index (Phi) is 5.74. The number of rotatable bonds is 5. The van der Waals surface area contributed by atoms with Crippen LogP contribution in [-0.2, 0) is 20.9 Å². The highest BCUT2D eigenvalue weighted by Gasteiger charge is 2.43. The first-order chi connectivity index (χ1) is 16.0. The fourth-order valence-electron chi connectivity index (χ4n) is 4.60. The summed E-state index contributed by atoms with van der Waals surface area (Å²) in [5.74, 6) is 1.01. The van der Waals surface area contributed by atoms with Gasteiger partial charge in [0.1, 0.15) is 0 Å². The maximum absolute atomic E-state index is 13.1. The zero-order valence-corrected chi connectivity index (χ0v) is 18.5. The number of hydrogen-bond donors (Lipinski definition) is 1. The Morgan fingerprint density at radius 2 is 1.73 bits per heavy atom. The maximum Gasteiger partial charge on any atom is 0.251 e. The lowest BCUT2D eigenvalue weighted by Gasteiger charge is -2.37. The highest BCUT2D eigenvalue weighted by atomic mass is 16.7. The highest BCUT2D eigenvalue weighted by Crippen LogP contribution is 2.33. The minimum absolute atomic E-state index is 0.172. The molecule has 3 amide bonds. The average molecular weight is 450 g/mol. The van der Waals surface area contributed by atoms with Crippen molar-refractivity contribution in [1.82, 2.24) is 9.80 Å². The Hall–Kier alpha value is -3.43. The SMILES string of the molecule is CC(=O)Nc1ccc(N2C(=O)C[C@@H](N3CCN(Cc4ccc5c(c4)OCO5)CC3)C2=O)cc1. The van der Waals surface area contributed by atoms with Gasteiger partial charge in [-0.25, -0.2) is 4.90 Å². The largest absolute Gasteiger partial charge is 0.454 e. The van der Waals surface area contributed by atoms with Crippen LogP contribution in [0.25, 0.3) is 0 Å². The molecule has 3 aliphatic rings. The van der Waals surface area contributed by atoms with E-state index in [4.69, 9.17) is 9.47 Å². The number of carbonyl (C=O) groups excluding carboxylic acids is 3. The molecule has 3 aliphatic heterocycles. The van der Waals surface area contributed by atoms with Gasteiger partial charge in [0.05, 0.1) is 18.2 Å². The van der Waals surface area contributed by atoms with E-state index in [1.807, 2.05) is 18.2 Å². The fourth-order valence-corrected chi connectivity index (χ4v) is 4.60. The molecular weight excluding hydrogens is 424 g/mol. The first kappa shape index (κ1) is 21.4. The molecule has 1 N–H and O–H groups in total. The third-order valence-electron chi connectivity index (χ3n) is 6.26. The molecule has 0 spiro atoms. The number of benzene rings is 2. The van der Waals surface area contributed by atoms with E-state index in [1.54, 1.807) is 24.3 Å². The molecule has 2 saturated heterocycles. The van der Waals surface area contributed by atoms with Gasteiger partial charge in [-0.05, 0) is 42.0 Å². The third-order valence-corrected chi connectivity index (χ3v) is 6.26. The van der Waals surface area contributed by atoms with Crippen LogP contribution in [0, 0.1) is 0 Å². The van der Waals surface area contributed by atoms with Crippen LogP contribution in [0.3, 0.4) is 0 Å². The summed E-state index contributed by atoms with van der Waals surface area (Å²) in [6, 6.07) is 12.3. The van der Waals surface area contributed by atoms with Crippen molar-refractivity contribution in [3.8, 4) is 11.5 Å². The summed E-state index contributed by atoms with van der Waals surface area (Å²) >= 11 is 0. The molecule has 172 valence electrons. The molecule has 0 radical (unpaired) electrons. The quantitative estimate of drug-likeness (QED) is 0.695. The summed E-state index contributed by atoms with van der Waals surface area (Å²) in [4.78, 5) is 42.7. The summed E-state index contributed by atoms with van der Waals surface area (Å²) in [5, 5.41) is 2.69. The second-order valence-corrected chi connectivity index (χ2v) is 8.52. The lowest BCUT2D eigenvalue weighted by molar-refractivity contribution is -0.123. The summed E-state index contributed by atoms with van der Waals surface area (Å²) in [6.07, 6.45) is 0.189. The Balaban J connectivity index is 1.18. The lowest BCUT2D eigenvalue weighted by atomic mass is 10.1. The monoisotopic (exact) mass is 450 g/mol. The zero-order valence-electron chi connectivity index (χ0n) is 18.5. The molecule has 2 aromatic rings. The van der Waals surface area contributed by atoms with E-state index >= 15 is 0 Å². The van der Waals surface area contributed by atoms with Crippen molar-refractivity contribution in [2.45, 2.75) is 25.9 Å². The number of anilines is 2. The van der Waals surface area contributed by atoms with Crippen molar-refractivity contribution in [2.24, 2.45) is 0 Å². The Labute approximate surface area is 191 Å². The number of hydrogen-bond acceptors (Lipinski definition) is 7. The molecule has 1 atom stereocenters. The van der Waals surface area contributed by atoms with Crippen molar-refractivity contribution in [3.05, 3.63) is 48.0 Å². The molecule has 0 bridgehead atoms. The molecular formula is C24H26N4O5. The van der Waals surface area contributed by atoms with Crippen LogP contribution in [0.5, 0.6) is 11.5 Å². The second-order valence-electron chi connectivity index (χ2n) is 8.52. The van der Waals surface area contributed by atoms with Gasteiger partial charge in [-0.2, -0.15) is 0 Å². The Morgan fingerprint density at radius 1 is 1.00 bits per heavy atom. The number of imide groups is 1. The van der Waals surface area contributed by atoms with Gasteiger partial charge in [0, 0.05) is 45.3 Å². The topological polar surface area (TPSA) is 91.4 Å². The number of ether oxygens (including phenoxy) is 2. The van der Waals surface area contributed by atoms with Gasteiger partial charge >= 0.3 is 0 Å².